The average molecular weight is 381 g/mol. The fraction of sp³-hybridized carbons (Fsp3) is 0.579. The first-order valence-electron chi connectivity index (χ1n) is 9.21. The van der Waals surface area contributed by atoms with Gasteiger partial charge in [-0.3, -0.25) is 0 Å². The lowest BCUT2D eigenvalue weighted by molar-refractivity contribution is -0.139. The summed E-state index contributed by atoms with van der Waals surface area (Å²) in [6.07, 6.45) is 2.83. The topological polar surface area (TPSA) is 90.4 Å². The Morgan fingerprint density at radius 1 is 1.15 bits per heavy atom. The molecule has 0 bridgehead atoms. The molecular formula is C19H31N3O5. The zero-order valence-corrected chi connectivity index (χ0v) is 16.4. The zero-order chi connectivity index (χ0) is 19.7. The van der Waals surface area contributed by atoms with Crippen LogP contribution < -0.4 is 15.5 Å². The number of amides is 2. The van der Waals surface area contributed by atoms with Gasteiger partial charge in [-0.05, 0) is 50.1 Å². The van der Waals surface area contributed by atoms with Crippen LogP contribution in [-0.2, 0) is 14.2 Å². The fourth-order valence-electron chi connectivity index (χ4n) is 2.16. The molecule has 27 heavy (non-hydrogen) atoms. The molecule has 152 valence electrons. The van der Waals surface area contributed by atoms with E-state index >= 15 is 0 Å². The van der Waals surface area contributed by atoms with Crippen molar-refractivity contribution < 1.29 is 23.7 Å². The van der Waals surface area contributed by atoms with E-state index in [1.807, 2.05) is 38.1 Å². The maximum Gasteiger partial charge on any atom is 0.335 e. The highest BCUT2D eigenvalue weighted by Crippen LogP contribution is 2.10. The lowest BCUT2D eigenvalue weighted by Gasteiger charge is -2.16. The minimum absolute atomic E-state index is 0.218. The van der Waals surface area contributed by atoms with Crippen LogP contribution >= 0.6 is 0 Å². The Kier molecular flexibility index (Phi) is 12.7. The number of carbonyl (C=O) groups excluding carboxylic acids is 1. The summed E-state index contributed by atoms with van der Waals surface area (Å²) in [5.74, 6) is 0.757. The Hall–Kier alpha value is -2.16. The van der Waals surface area contributed by atoms with Crippen LogP contribution in [0.15, 0.2) is 29.4 Å². The number of benzene rings is 1. The van der Waals surface area contributed by atoms with E-state index in [-0.39, 0.29) is 12.3 Å². The second kappa shape index (κ2) is 15.0. The molecule has 2 N–H and O–H groups in total. The molecule has 8 heteroatoms. The number of carbonyl (C=O) groups is 1. The number of hydrogen-bond donors (Lipinski definition) is 2. The molecule has 8 nitrogen and oxygen atoms in total. The Balaban J connectivity index is 2.21. The van der Waals surface area contributed by atoms with Crippen LogP contribution in [0.2, 0.25) is 0 Å². The summed E-state index contributed by atoms with van der Waals surface area (Å²) >= 11 is 0. The molecule has 0 aromatic heterocycles. The summed E-state index contributed by atoms with van der Waals surface area (Å²) in [5.41, 5.74) is 3.29. The van der Waals surface area contributed by atoms with Crippen molar-refractivity contribution in [2.24, 2.45) is 5.10 Å². The van der Waals surface area contributed by atoms with Gasteiger partial charge in [0.2, 0.25) is 0 Å². The molecule has 0 aliphatic carbocycles. The second-order valence-corrected chi connectivity index (χ2v) is 5.52. The van der Waals surface area contributed by atoms with Crippen LogP contribution in [0.25, 0.3) is 0 Å². The lowest BCUT2D eigenvalue weighted by Crippen LogP contribution is -2.33. The number of nitrogens with one attached hydrogen (secondary N) is 2. The molecule has 1 aromatic carbocycles. The third kappa shape index (κ3) is 11.2. The maximum atomic E-state index is 11.7. The summed E-state index contributed by atoms with van der Waals surface area (Å²) in [6, 6.07) is 7.03. The van der Waals surface area contributed by atoms with E-state index < -0.39 is 0 Å². The fourth-order valence-corrected chi connectivity index (χ4v) is 2.16. The molecule has 2 amide bonds. The Labute approximate surface area is 161 Å². The molecule has 0 spiro atoms. The average Bonchev–Trinajstić information content (AvgIpc) is 2.67. The lowest BCUT2D eigenvalue weighted by atomic mass is 10.2. The molecular weight excluding hydrogens is 350 g/mol. The van der Waals surface area contributed by atoms with Crippen molar-refractivity contribution in [3.8, 4) is 5.75 Å². The number of ether oxygens (including phenoxy) is 4. The van der Waals surface area contributed by atoms with Crippen molar-refractivity contribution in [2.75, 3.05) is 40.1 Å². The third-order valence-corrected chi connectivity index (χ3v) is 3.42. The number of nitrogens with zero attached hydrogens (tertiary/aromatic N) is 1. The first-order chi connectivity index (χ1) is 13.2. The molecule has 0 unspecified atom stereocenters. The zero-order valence-electron chi connectivity index (χ0n) is 16.4. The van der Waals surface area contributed by atoms with Gasteiger partial charge >= 0.3 is 6.03 Å². The first kappa shape index (κ1) is 22.9. The van der Waals surface area contributed by atoms with Gasteiger partial charge in [-0.25, -0.2) is 10.2 Å². The number of hydrazone groups is 1. The van der Waals surface area contributed by atoms with Gasteiger partial charge in [0, 0.05) is 33.3 Å². The highest BCUT2D eigenvalue weighted by molar-refractivity contribution is 5.81. The van der Waals surface area contributed by atoms with Gasteiger partial charge in [0.1, 0.15) is 12.4 Å². The molecule has 0 aliphatic heterocycles. The van der Waals surface area contributed by atoms with Crippen molar-refractivity contribution in [1.82, 2.24) is 10.7 Å². The molecule has 0 saturated heterocycles. The van der Waals surface area contributed by atoms with Crippen molar-refractivity contribution in [3.05, 3.63) is 29.8 Å². The first-order valence-corrected chi connectivity index (χ1v) is 9.21. The van der Waals surface area contributed by atoms with Gasteiger partial charge in [0.15, 0.2) is 6.29 Å². The van der Waals surface area contributed by atoms with Crippen LogP contribution in [0.4, 0.5) is 4.79 Å². The standard InChI is InChI=1S/C19H31N3O5/c1-4-25-18(26-5-2)7-6-12-20-19(23)22-21-15-16-8-10-17(11-9-16)27-14-13-24-3/h8-11,15,18H,4-7,12-14H2,1-3H3,(H2,20,22,23)/b21-15-. The van der Waals surface area contributed by atoms with Gasteiger partial charge in [0.05, 0.1) is 12.8 Å². The second-order valence-electron chi connectivity index (χ2n) is 5.52. The van der Waals surface area contributed by atoms with Crippen molar-refractivity contribution in [3.63, 3.8) is 0 Å². The van der Waals surface area contributed by atoms with Gasteiger partial charge in [-0.2, -0.15) is 5.10 Å². The summed E-state index contributed by atoms with van der Waals surface area (Å²) < 4.78 is 21.3. The molecule has 1 aromatic rings. The third-order valence-electron chi connectivity index (χ3n) is 3.42. The summed E-state index contributed by atoms with van der Waals surface area (Å²) in [5, 5.41) is 6.66. The van der Waals surface area contributed by atoms with E-state index in [0.29, 0.717) is 33.0 Å². The van der Waals surface area contributed by atoms with Gasteiger partial charge < -0.3 is 24.3 Å². The van der Waals surface area contributed by atoms with Crippen LogP contribution in [0.1, 0.15) is 32.3 Å². The Bertz CT molecular complexity index is 531. The number of methoxy groups -OCH3 is 1. The Morgan fingerprint density at radius 3 is 2.48 bits per heavy atom. The monoisotopic (exact) mass is 381 g/mol. The molecule has 0 aliphatic rings. The van der Waals surface area contributed by atoms with Gasteiger partial charge in [-0.15, -0.1) is 0 Å². The maximum absolute atomic E-state index is 11.7. The van der Waals surface area contributed by atoms with E-state index in [1.54, 1.807) is 13.3 Å². The molecule has 0 fully saturated rings. The molecule has 0 atom stereocenters. The van der Waals surface area contributed by atoms with E-state index in [4.69, 9.17) is 18.9 Å². The van der Waals surface area contributed by atoms with Crippen molar-refractivity contribution >= 4 is 12.2 Å². The number of urea groups is 1. The molecule has 0 saturated carbocycles. The largest absolute Gasteiger partial charge is 0.491 e. The normalized spacial score (nSPS) is 11.1. The minimum atomic E-state index is -0.352. The van der Waals surface area contributed by atoms with Gasteiger partial charge in [-0.1, -0.05) is 0 Å². The number of rotatable bonds is 14. The van der Waals surface area contributed by atoms with Crippen LogP contribution in [0.5, 0.6) is 5.75 Å². The van der Waals surface area contributed by atoms with Crippen LogP contribution in [0, 0.1) is 0 Å². The van der Waals surface area contributed by atoms with E-state index in [1.165, 1.54) is 0 Å². The van der Waals surface area contributed by atoms with E-state index in [2.05, 4.69) is 15.8 Å². The predicted molar refractivity (Wildman–Crippen MR) is 104 cm³/mol. The van der Waals surface area contributed by atoms with Crippen molar-refractivity contribution in [2.45, 2.75) is 33.0 Å². The van der Waals surface area contributed by atoms with Gasteiger partial charge in [0.25, 0.3) is 0 Å². The smallest absolute Gasteiger partial charge is 0.335 e. The van der Waals surface area contributed by atoms with Crippen LogP contribution in [-0.4, -0.2) is 58.6 Å². The van der Waals surface area contributed by atoms with Crippen molar-refractivity contribution in [1.29, 1.82) is 0 Å². The summed E-state index contributed by atoms with van der Waals surface area (Å²) in [7, 11) is 1.63. The number of hydrogen-bond acceptors (Lipinski definition) is 6. The summed E-state index contributed by atoms with van der Waals surface area (Å²) in [4.78, 5) is 11.7. The SMILES string of the molecule is CCOC(CCCNC(=O)N/N=C\c1ccc(OCCOC)cc1)OCC. The Morgan fingerprint density at radius 2 is 1.85 bits per heavy atom. The minimum Gasteiger partial charge on any atom is -0.491 e. The van der Waals surface area contributed by atoms with E-state index in [0.717, 1.165) is 24.2 Å². The van der Waals surface area contributed by atoms with Crippen LogP contribution in [0.3, 0.4) is 0 Å². The quantitative estimate of drug-likeness (QED) is 0.224. The molecule has 0 heterocycles. The molecule has 1 rings (SSSR count). The van der Waals surface area contributed by atoms with E-state index in [9.17, 15) is 4.79 Å². The highest BCUT2D eigenvalue weighted by atomic mass is 16.7. The summed E-state index contributed by atoms with van der Waals surface area (Å²) in [6.45, 7) is 6.63. The highest BCUT2D eigenvalue weighted by Gasteiger charge is 2.07. The predicted octanol–water partition coefficient (Wildman–Crippen LogP) is 2.52. The molecule has 0 radical (unpaired) electrons.